The summed E-state index contributed by atoms with van der Waals surface area (Å²) in [6, 6.07) is 16.7. The van der Waals surface area contributed by atoms with Gasteiger partial charge < -0.3 is 30.9 Å². The molecule has 1 heterocycles. The van der Waals surface area contributed by atoms with E-state index in [1.807, 2.05) is 20.9 Å². The van der Waals surface area contributed by atoms with Gasteiger partial charge in [0.1, 0.15) is 23.0 Å². The van der Waals surface area contributed by atoms with Crippen LogP contribution in [0.15, 0.2) is 60.7 Å². The third-order valence-corrected chi connectivity index (χ3v) is 6.32. The number of hydrogen-bond acceptors (Lipinski definition) is 8. The standard InChI is InChI=1S/C30H34N6O5/c1-5-32-30(40)28-35-34-27(24-16-23(18(2)3)25(37)17-26(24)38)36(28)20-8-12-22(13-9-20)41-21-10-6-19(7-11-21)29(39)33-15-14-31-4/h6-13,16-18,31,37-38H,5,14-15H2,1-4H3,(H,32,40)(H,33,39). The smallest absolute Gasteiger partial charge is 0.289 e. The van der Waals surface area contributed by atoms with Crippen molar-refractivity contribution in [1.82, 2.24) is 30.7 Å². The second-order valence-electron chi connectivity index (χ2n) is 9.60. The summed E-state index contributed by atoms with van der Waals surface area (Å²) < 4.78 is 7.51. The SMILES string of the molecule is CCNC(=O)c1nnc(-c2cc(C(C)C)c(O)cc2O)n1-c1ccc(Oc2ccc(C(=O)NCCNC)cc2)cc1. The van der Waals surface area contributed by atoms with Crippen LogP contribution in [0.2, 0.25) is 0 Å². The Hall–Kier alpha value is -4.90. The Bertz CT molecular complexity index is 1510. The van der Waals surface area contributed by atoms with Crippen LogP contribution in [-0.2, 0) is 0 Å². The summed E-state index contributed by atoms with van der Waals surface area (Å²) >= 11 is 0. The highest BCUT2D eigenvalue weighted by molar-refractivity contribution is 5.94. The van der Waals surface area contributed by atoms with Gasteiger partial charge in [0.05, 0.1) is 5.56 Å². The van der Waals surface area contributed by atoms with Crippen LogP contribution >= 0.6 is 0 Å². The van der Waals surface area contributed by atoms with Crippen molar-refractivity contribution in [3.05, 3.63) is 77.6 Å². The molecule has 0 radical (unpaired) electrons. The van der Waals surface area contributed by atoms with E-state index in [-0.39, 0.29) is 35.0 Å². The molecule has 0 bridgehead atoms. The molecule has 4 aromatic rings. The predicted octanol–water partition coefficient (Wildman–Crippen LogP) is 3.96. The minimum absolute atomic E-state index is 0.0215. The first-order valence-corrected chi connectivity index (χ1v) is 13.3. The number of likely N-dealkylation sites (N-methyl/N-ethyl adjacent to an activating group) is 1. The third-order valence-electron chi connectivity index (χ3n) is 6.32. The molecule has 0 saturated carbocycles. The number of benzene rings is 3. The van der Waals surface area contributed by atoms with Crippen LogP contribution < -0.4 is 20.7 Å². The Morgan fingerprint density at radius 3 is 2.15 bits per heavy atom. The Labute approximate surface area is 238 Å². The molecule has 0 atom stereocenters. The molecule has 214 valence electrons. The van der Waals surface area contributed by atoms with E-state index in [0.29, 0.717) is 53.5 Å². The normalized spacial score (nSPS) is 11.0. The topological polar surface area (TPSA) is 151 Å². The first-order chi connectivity index (χ1) is 19.7. The summed E-state index contributed by atoms with van der Waals surface area (Å²) in [7, 11) is 1.82. The number of hydrogen-bond donors (Lipinski definition) is 5. The molecule has 0 spiro atoms. The van der Waals surface area contributed by atoms with Gasteiger partial charge in [-0.15, -0.1) is 10.2 Å². The molecule has 41 heavy (non-hydrogen) atoms. The van der Waals surface area contributed by atoms with Gasteiger partial charge in [-0.05, 0) is 80.1 Å². The second kappa shape index (κ2) is 13.0. The molecule has 2 amide bonds. The molecule has 11 nitrogen and oxygen atoms in total. The van der Waals surface area contributed by atoms with E-state index in [4.69, 9.17) is 4.74 Å². The van der Waals surface area contributed by atoms with E-state index < -0.39 is 5.91 Å². The zero-order chi connectivity index (χ0) is 29.5. The van der Waals surface area contributed by atoms with Gasteiger partial charge in [-0.2, -0.15) is 0 Å². The molecule has 4 rings (SSSR count). The van der Waals surface area contributed by atoms with E-state index in [1.54, 1.807) is 66.1 Å². The lowest BCUT2D eigenvalue weighted by Crippen LogP contribution is -2.30. The van der Waals surface area contributed by atoms with Gasteiger partial charge in [0.25, 0.3) is 11.8 Å². The Morgan fingerprint density at radius 2 is 1.54 bits per heavy atom. The maximum atomic E-state index is 12.9. The molecule has 0 saturated heterocycles. The average Bonchev–Trinajstić information content (AvgIpc) is 3.39. The van der Waals surface area contributed by atoms with Crippen molar-refractivity contribution in [1.29, 1.82) is 0 Å². The van der Waals surface area contributed by atoms with Crippen LogP contribution in [0, 0.1) is 0 Å². The van der Waals surface area contributed by atoms with Crippen LogP contribution in [0.25, 0.3) is 17.1 Å². The van der Waals surface area contributed by atoms with Crippen molar-refractivity contribution in [3.8, 4) is 40.1 Å². The highest BCUT2D eigenvalue weighted by Crippen LogP contribution is 2.38. The lowest BCUT2D eigenvalue weighted by molar-refractivity contribution is 0.0939. The number of amides is 2. The summed E-state index contributed by atoms with van der Waals surface area (Å²) in [6.07, 6.45) is 0. The van der Waals surface area contributed by atoms with Crippen LogP contribution in [0.3, 0.4) is 0 Å². The van der Waals surface area contributed by atoms with E-state index in [0.717, 1.165) is 0 Å². The van der Waals surface area contributed by atoms with Gasteiger partial charge in [0.2, 0.25) is 5.82 Å². The molecular weight excluding hydrogens is 524 g/mol. The minimum atomic E-state index is -0.427. The zero-order valence-electron chi connectivity index (χ0n) is 23.4. The summed E-state index contributed by atoms with van der Waals surface area (Å²) in [5.41, 5.74) is 2.03. The van der Waals surface area contributed by atoms with Gasteiger partial charge in [0.15, 0.2) is 5.82 Å². The van der Waals surface area contributed by atoms with Crippen molar-refractivity contribution < 1.29 is 24.5 Å². The van der Waals surface area contributed by atoms with Crippen LogP contribution in [0.5, 0.6) is 23.0 Å². The molecule has 0 aliphatic carbocycles. The fourth-order valence-electron chi connectivity index (χ4n) is 4.20. The molecule has 0 unspecified atom stereocenters. The summed E-state index contributed by atoms with van der Waals surface area (Å²) in [4.78, 5) is 25.1. The highest BCUT2D eigenvalue weighted by atomic mass is 16.5. The van der Waals surface area contributed by atoms with Gasteiger partial charge in [-0.3, -0.25) is 14.2 Å². The number of aromatic hydroxyl groups is 2. The summed E-state index contributed by atoms with van der Waals surface area (Å²) in [5.74, 6) is 0.527. The number of phenols is 2. The van der Waals surface area contributed by atoms with Gasteiger partial charge in [-0.25, -0.2) is 0 Å². The maximum absolute atomic E-state index is 12.9. The Kier molecular flexibility index (Phi) is 9.20. The van der Waals surface area contributed by atoms with Crippen LogP contribution in [0.4, 0.5) is 0 Å². The Balaban J connectivity index is 1.63. The predicted molar refractivity (Wildman–Crippen MR) is 155 cm³/mol. The maximum Gasteiger partial charge on any atom is 0.289 e. The van der Waals surface area contributed by atoms with Gasteiger partial charge >= 0.3 is 0 Å². The van der Waals surface area contributed by atoms with E-state index >= 15 is 0 Å². The van der Waals surface area contributed by atoms with Crippen LogP contribution in [0.1, 0.15) is 53.2 Å². The summed E-state index contributed by atoms with van der Waals surface area (Å²) in [5, 5.41) is 37.9. The van der Waals surface area contributed by atoms with Crippen molar-refractivity contribution in [2.75, 3.05) is 26.7 Å². The second-order valence-corrected chi connectivity index (χ2v) is 9.60. The number of carbonyl (C=O) groups excluding carboxylic acids is 2. The van der Waals surface area contributed by atoms with E-state index in [1.165, 1.54) is 6.07 Å². The van der Waals surface area contributed by atoms with Gasteiger partial charge in [0, 0.05) is 37.0 Å². The third kappa shape index (κ3) is 6.64. The molecular formula is C30H34N6O5. The molecule has 1 aromatic heterocycles. The lowest BCUT2D eigenvalue weighted by Gasteiger charge is -2.15. The number of aromatic nitrogens is 3. The minimum Gasteiger partial charge on any atom is -0.508 e. The fourth-order valence-corrected chi connectivity index (χ4v) is 4.20. The van der Waals surface area contributed by atoms with Crippen molar-refractivity contribution in [3.63, 3.8) is 0 Å². The summed E-state index contributed by atoms with van der Waals surface area (Å²) in [6.45, 7) is 7.25. The number of ether oxygens (including phenoxy) is 1. The number of phenolic OH excluding ortho intramolecular Hbond substituents is 2. The van der Waals surface area contributed by atoms with Crippen molar-refractivity contribution in [2.45, 2.75) is 26.7 Å². The first kappa shape index (κ1) is 29.1. The molecule has 3 aromatic carbocycles. The largest absolute Gasteiger partial charge is 0.508 e. The average molecular weight is 559 g/mol. The van der Waals surface area contributed by atoms with Gasteiger partial charge in [-0.1, -0.05) is 13.8 Å². The van der Waals surface area contributed by atoms with Crippen molar-refractivity contribution in [2.24, 2.45) is 0 Å². The molecule has 0 fully saturated rings. The van der Waals surface area contributed by atoms with E-state index in [9.17, 15) is 19.8 Å². The molecule has 5 N–H and O–H groups in total. The lowest BCUT2D eigenvalue weighted by atomic mass is 9.98. The fraction of sp³-hybridized carbons (Fsp3) is 0.267. The monoisotopic (exact) mass is 558 g/mol. The number of nitrogens with one attached hydrogen (secondary N) is 3. The number of nitrogens with zero attached hydrogens (tertiary/aromatic N) is 3. The van der Waals surface area contributed by atoms with Crippen molar-refractivity contribution >= 4 is 11.8 Å². The number of carbonyl (C=O) groups is 2. The molecule has 11 heteroatoms. The first-order valence-electron chi connectivity index (χ1n) is 13.3. The Morgan fingerprint density at radius 1 is 0.878 bits per heavy atom. The van der Waals surface area contributed by atoms with E-state index in [2.05, 4.69) is 26.1 Å². The highest BCUT2D eigenvalue weighted by Gasteiger charge is 2.24. The molecule has 0 aliphatic rings. The molecule has 0 aliphatic heterocycles. The van der Waals surface area contributed by atoms with Crippen LogP contribution in [-0.4, -0.2) is 63.5 Å². The zero-order valence-corrected chi connectivity index (χ0v) is 23.4. The quantitative estimate of drug-likeness (QED) is 0.174. The number of rotatable bonds is 11.